The molecule has 1 aromatic carbocycles. The van der Waals surface area contributed by atoms with Crippen molar-refractivity contribution in [2.24, 2.45) is 0 Å². The van der Waals surface area contributed by atoms with E-state index in [0.29, 0.717) is 17.7 Å². The number of aromatic nitrogens is 1. The zero-order valence-electron chi connectivity index (χ0n) is 10.5. The van der Waals surface area contributed by atoms with Gasteiger partial charge in [0, 0.05) is 24.2 Å². The first-order valence-corrected chi connectivity index (χ1v) is 7.22. The third-order valence-electron chi connectivity index (χ3n) is 3.09. The fraction of sp³-hybridized carbons (Fsp3) is 0.286. The highest BCUT2D eigenvalue weighted by atomic mass is 32.1. The fourth-order valence-electron chi connectivity index (χ4n) is 1.98. The van der Waals surface area contributed by atoms with E-state index in [1.54, 1.807) is 6.20 Å². The second-order valence-electron chi connectivity index (χ2n) is 4.61. The minimum Gasteiger partial charge on any atom is -0.317 e. The third-order valence-corrected chi connectivity index (χ3v) is 3.78. The van der Waals surface area contributed by atoms with Crippen molar-refractivity contribution < 1.29 is 4.79 Å². The lowest BCUT2D eigenvalue weighted by Gasteiger charge is -2.22. The number of anilines is 1. The van der Waals surface area contributed by atoms with Crippen molar-refractivity contribution in [1.82, 2.24) is 9.88 Å². The highest BCUT2D eigenvalue weighted by molar-refractivity contribution is 7.13. The van der Waals surface area contributed by atoms with Crippen LogP contribution >= 0.6 is 11.3 Å². The molecule has 0 spiro atoms. The predicted octanol–water partition coefficient (Wildman–Crippen LogP) is 3.34. The first-order chi connectivity index (χ1) is 9.33. The normalized spacial score (nSPS) is 14.1. The van der Waals surface area contributed by atoms with Gasteiger partial charge in [0.15, 0.2) is 5.13 Å². The molecule has 5 heteroatoms. The van der Waals surface area contributed by atoms with E-state index in [1.807, 2.05) is 40.6 Å². The molecule has 1 fully saturated rings. The van der Waals surface area contributed by atoms with Crippen LogP contribution in [-0.4, -0.2) is 22.0 Å². The van der Waals surface area contributed by atoms with Gasteiger partial charge in [-0.2, -0.15) is 0 Å². The Balaban J connectivity index is 1.69. The third kappa shape index (κ3) is 3.12. The van der Waals surface area contributed by atoms with Gasteiger partial charge in [-0.1, -0.05) is 30.3 Å². The molecule has 1 aliphatic rings. The number of carbonyl (C=O) groups excluding carboxylic acids is 1. The number of thiazole rings is 1. The molecule has 0 aliphatic heterocycles. The summed E-state index contributed by atoms with van der Waals surface area (Å²) in [5, 5.41) is 5.37. The molecule has 1 saturated carbocycles. The summed E-state index contributed by atoms with van der Waals surface area (Å²) in [7, 11) is 0. The molecule has 0 bridgehead atoms. The van der Waals surface area contributed by atoms with E-state index in [-0.39, 0.29) is 6.03 Å². The molecule has 1 heterocycles. The summed E-state index contributed by atoms with van der Waals surface area (Å²) in [5.41, 5.74) is 1.16. The van der Waals surface area contributed by atoms with Crippen molar-refractivity contribution in [2.75, 3.05) is 5.32 Å². The quantitative estimate of drug-likeness (QED) is 0.928. The summed E-state index contributed by atoms with van der Waals surface area (Å²) in [4.78, 5) is 18.3. The average molecular weight is 273 g/mol. The number of nitrogens with one attached hydrogen (secondary N) is 1. The molecule has 0 radical (unpaired) electrons. The lowest BCUT2D eigenvalue weighted by Crippen LogP contribution is -2.36. The molecule has 1 aliphatic carbocycles. The largest absolute Gasteiger partial charge is 0.324 e. The highest BCUT2D eigenvalue weighted by Gasteiger charge is 2.32. The number of nitrogens with zero attached hydrogens (tertiary/aromatic N) is 2. The number of amides is 2. The smallest absolute Gasteiger partial charge is 0.317 e. The molecule has 3 rings (SSSR count). The number of urea groups is 1. The van der Waals surface area contributed by atoms with Gasteiger partial charge in [-0.3, -0.25) is 5.32 Å². The molecule has 1 N–H and O–H groups in total. The van der Waals surface area contributed by atoms with E-state index in [1.165, 1.54) is 11.3 Å². The Labute approximate surface area is 116 Å². The summed E-state index contributed by atoms with van der Waals surface area (Å²) in [6.07, 6.45) is 3.88. The van der Waals surface area contributed by atoms with Crippen LogP contribution in [0.5, 0.6) is 0 Å². The number of hydrogen-bond acceptors (Lipinski definition) is 3. The molecule has 1 aromatic heterocycles. The van der Waals surface area contributed by atoms with Crippen molar-refractivity contribution in [1.29, 1.82) is 0 Å². The van der Waals surface area contributed by atoms with Gasteiger partial charge in [0.1, 0.15) is 0 Å². The zero-order valence-corrected chi connectivity index (χ0v) is 11.3. The summed E-state index contributed by atoms with van der Waals surface area (Å²) in [6, 6.07) is 10.4. The van der Waals surface area contributed by atoms with E-state index in [9.17, 15) is 4.79 Å². The predicted molar refractivity (Wildman–Crippen MR) is 76.1 cm³/mol. The SMILES string of the molecule is O=C(Nc1nccs1)N(Cc1ccccc1)C1CC1. The van der Waals surface area contributed by atoms with Crippen molar-refractivity contribution in [3.8, 4) is 0 Å². The van der Waals surface area contributed by atoms with E-state index >= 15 is 0 Å². The number of carbonyl (C=O) groups is 1. The van der Waals surface area contributed by atoms with Crippen LogP contribution in [0.3, 0.4) is 0 Å². The molecule has 0 saturated heterocycles. The van der Waals surface area contributed by atoms with E-state index in [0.717, 1.165) is 18.4 Å². The zero-order chi connectivity index (χ0) is 13.1. The Morgan fingerprint density at radius 1 is 1.37 bits per heavy atom. The minimum atomic E-state index is -0.0543. The van der Waals surface area contributed by atoms with Crippen LogP contribution in [-0.2, 0) is 6.54 Å². The molecule has 98 valence electrons. The first-order valence-electron chi connectivity index (χ1n) is 6.34. The van der Waals surface area contributed by atoms with E-state index in [2.05, 4.69) is 10.3 Å². The fourth-order valence-corrected chi connectivity index (χ4v) is 2.50. The second kappa shape index (κ2) is 5.40. The monoisotopic (exact) mass is 273 g/mol. The first kappa shape index (κ1) is 12.2. The summed E-state index contributed by atoms with van der Waals surface area (Å²) >= 11 is 1.44. The van der Waals surface area contributed by atoms with Crippen molar-refractivity contribution >= 4 is 22.5 Å². The van der Waals surface area contributed by atoms with Gasteiger partial charge in [0.2, 0.25) is 0 Å². The highest BCUT2D eigenvalue weighted by Crippen LogP contribution is 2.29. The molecule has 2 amide bonds. The minimum absolute atomic E-state index is 0.0543. The number of rotatable bonds is 4. The summed E-state index contributed by atoms with van der Waals surface area (Å²) in [5.74, 6) is 0. The van der Waals surface area contributed by atoms with Crippen molar-refractivity contribution in [2.45, 2.75) is 25.4 Å². The van der Waals surface area contributed by atoms with Gasteiger partial charge in [-0.25, -0.2) is 9.78 Å². The second-order valence-corrected chi connectivity index (χ2v) is 5.51. The van der Waals surface area contributed by atoms with Crippen molar-refractivity contribution in [3.63, 3.8) is 0 Å². The van der Waals surface area contributed by atoms with Gasteiger partial charge >= 0.3 is 6.03 Å². The standard InChI is InChI=1S/C14H15N3OS/c18-14(16-13-15-8-9-19-13)17(12-6-7-12)10-11-4-2-1-3-5-11/h1-5,8-9,12H,6-7,10H2,(H,15,16,18). The molecule has 2 aromatic rings. The Bertz CT molecular complexity index is 537. The Morgan fingerprint density at radius 3 is 2.79 bits per heavy atom. The van der Waals surface area contributed by atoms with Crippen LogP contribution in [0.4, 0.5) is 9.93 Å². The molecular weight excluding hydrogens is 258 g/mol. The van der Waals surface area contributed by atoms with E-state index < -0.39 is 0 Å². The molecule has 0 atom stereocenters. The van der Waals surface area contributed by atoms with Gasteiger partial charge in [0.05, 0.1) is 0 Å². The molecule has 4 nitrogen and oxygen atoms in total. The average Bonchev–Trinajstić information content (AvgIpc) is 3.15. The topological polar surface area (TPSA) is 45.2 Å². The van der Waals surface area contributed by atoms with Crippen LogP contribution in [0.15, 0.2) is 41.9 Å². The maximum atomic E-state index is 12.3. The number of hydrogen-bond donors (Lipinski definition) is 1. The Morgan fingerprint density at radius 2 is 2.16 bits per heavy atom. The number of benzene rings is 1. The lowest BCUT2D eigenvalue weighted by molar-refractivity contribution is 0.206. The van der Waals surface area contributed by atoms with Crippen LogP contribution in [0.1, 0.15) is 18.4 Å². The summed E-state index contributed by atoms with van der Waals surface area (Å²) < 4.78 is 0. The lowest BCUT2D eigenvalue weighted by atomic mass is 10.2. The summed E-state index contributed by atoms with van der Waals surface area (Å²) in [6.45, 7) is 0.655. The van der Waals surface area contributed by atoms with Crippen LogP contribution in [0.25, 0.3) is 0 Å². The Hall–Kier alpha value is -1.88. The van der Waals surface area contributed by atoms with Gasteiger partial charge in [0.25, 0.3) is 0 Å². The maximum absolute atomic E-state index is 12.3. The van der Waals surface area contributed by atoms with Gasteiger partial charge in [-0.15, -0.1) is 11.3 Å². The Kier molecular flexibility index (Phi) is 3.46. The molecular formula is C14H15N3OS. The van der Waals surface area contributed by atoms with Gasteiger partial charge in [-0.05, 0) is 18.4 Å². The maximum Gasteiger partial charge on any atom is 0.324 e. The molecule has 19 heavy (non-hydrogen) atoms. The van der Waals surface area contributed by atoms with Gasteiger partial charge < -0.3 is 4.90 Å². The van der Waals surface area contributed by atoms with Crippen LogP contribution in [0, 0.1) is 0 Å². The van der Waals surface area contributed by atoms with Crippen LogP contribution < -0.4 is 5.32 Å². The van der Waals surface area contributed by atoms with Crippen LogP contribution in [0.2, 0.25) is 0 Å². The van der Waals surface area contributed by atoms with Crippen molar-refractivity contribution in [3.05, 3.63) is 47.5 Å². The molecule has 0 unspecified atom stereocenters. The van der Waals surface area contributed by atoms with E-state index in [4.69, 9.17) is 0 Å².